The third kappa shape index (κ3) is 1.45. The number of nitrogens with zero attached hydrogens (tertiary/aromatic N) is 2. The number of carbonyl (C=O) groups excluding carboxylic acids is 1. The van der Waals surface area contributed by atoms with Gasteiger partial charge in [-0.25, -0.2) is 4.68 Å². The van der Waals surface area contributed by atoms with Crippen LogP contribution in [0.3, 0.4) is 0 Å². The van der Waals surface area contributed by atoms with Crippen LogP contribution in [0.25, 0.3) is 5.69 Å². The van der Waals surface area contributed by atoms with Crippen molar-refractivity contribution in [1.29, 1.82) is 0 Å². The molecule has 4 nitrogen and oxygen atoms in total. The van der Waals surface area contributed by atoms with Gasteiger partial charge in [0.2, 0.25) is 0 Å². The fourth-order valence-corrected chi connectivity index (χ4v) is 2.23. The highest BCUT2D eigenvalue weighted by atomic mass is 16.5. The summed E-state index contributed by atoms with van der Waals surface area (Å²) in [7, 11) is 1.63. The van der Waals surface area contributed by atoms with Crippen LogP contribution in [0, 0.1) is 0 Å². The van der Waals surface area contributed by atoms with Crippen LogP contribution in [0.15, 0.2) is 30.5 Å². The van der Waals surface area contributed by atoms with Gasteiger partial charge >= 0.3 is 0 Å². The standard InChI is InChI=1S/C13H12N2O2/c1-17-13-5-3-2-4-11(13)15-10-6-7-12(16)9(10)8-14-15/h2-5,8H,6-7H2,1H3. The minimum absolute atomic E-state index is 0.182. The van der Waals surface area contributed by atoms with Crippen molar-refractivity contribution in [2.24, 2.45) is 0 Å². The number of methoxy groups -OCH3 is 1. The van der Waals surface area contributed by atoms with Gasteiger partial charge in [0.05, 0.1) is 24.6 Å². The molecule has 0 aliphatic heterocycles. The zero-order valence-corrected chi connectivity index (χ0v) is 9.51. The van der Waals surface area contributed by atoms with Gasteiger partial charge in [-0.1, -0.05) is 12.1 Å². The van der Waals surface area contributed by atoms with E-state index in [9.17, 15) is 4.79 Å². The smallest absolute Gasteiger partial charge is 0.166 e. The van der Waals surface area contributed by atoms with Gasteiger partial charge in [0.1, 0.15) is 11.4 Å². The van der Waals surface area contributed by atoms with Crippen LogP contribution in [-0.4, -0.2) is 22.7 Å². The van der Waals surface area contributed by atoms with Gasteiger partial charge in [0.25, 0.3) is 0 Å². The molecule has 4 heteroatoms. The Kier molecular flexibility index (Phi) is 2.21. The van der Waals surface area contributed by atoms with Crippen LogP contribution < -0.4 is 4.74 Å². The van der Waals surface area contributed by atoms with Crippen molar-refractivity contribution in [2.45, 2.75) is 12.8 Å². The van der Waals surface area contributed by atoms with Gasteiger partial charge in [0, 0.05) is 6.42 Å². The lowest BCUT2D eigenvalue weighted by atomic mass is 10.2. The molecule has 0 bridgehead atoms. The molecule has 0 fully saturated rings. The average molecular weight is 228 g/mol. The summed E-state index contributed by atoms with van der Waals surface area (Å²) in [6, 6.07) is 7.68. The Bertz CT molecular complexity index is 587. The topological polar surface area (TPSA) is 44.1 Å². The number of hydrogen-bond acceptors (Lipinski definition) is 3. The Morgan fingerprint density at radius 3 is 2.94 bits per heavy atom. The van der Waals surface area contributed by atoms with Crippen LogP contribution in [0.4, 0.5) is 0 Å². The predicted octanol–water partition coefficient (Wildman–Crippen LogP) is 2.01. The molecule has 1 heterocycles. The third-order valence-electron chi connectivity index (χ3n) is 3.07. The zero-order chi connectivity index (χ0) is 11.8. The second kappa shape index (κ2) is 3.73. The highest BCUT2D eigenvalue weighted by Gasteiger charge is 2.25. The largest absolute Gasteiger partial charge is 0.494 e. The first kappa shape index (κ1) is 10.1. The SMILES string of the molecule is COc1ccccc1-n1ncc2c1CCC2=O. The number of ether oxygens (including phenoxy) is 1. The van der Waals surface area contributed by atoms with Crippen molar-refractivity contribution in [1.82, 2.24) is 9.78 Å². The number of aromatic nitrogens is 2. The number of ketones is 1. The summed E-state index contributed by atoms with van der Waals surface area (Å²) in [5, 5.41) is 4.28. The average Bonchev–Trinajstić information content (AvgIpc) is 2.93. The highest BCUT2D eigenvalue weighted by Crippen LogP contribution is 2.28. The fourth-order valence-electron chi connectivity index (χ4n) is 2.23. The maximum atomic E-state index is 11.6. The van der Waals surface area contributed by atoms with Crippen molar-refractivity contribution >= 4 is 5.78 Å². The van der Waals surface area contributed by atoms with Crippen molar-refractivity contribution in [2.75, 3.05) is 7.11 Å². The molecule has 1 aromatic heterocycles. The van der Waals surface area contributed by atoms with Crippen molar-refractivity contribution in [3.05, 3.63) is 41.7 Å². The van der Waals surface area contributed by atoms with E-state index in [-0.39, 0.29) is 5.78 Å². The minimum atomic E-state index is 0.182. The summed E-state index contributed by atoms with van der Waals surface area (Å²) in [5.74, 6) is 0.943. The van der Waals surface area contributed by atoms with Gasteiger partial charge < -0.3 is 4.74 Å². The molecule has 1 aromatic carbocycles. The Morgan fingerprint density at radius 2 is 2.12 bits per heavy atom. The highest BCUT2D eigenvalue weighted by molar-refractivity contribution is 5.99. The Hall–Kier alpha value is -2.10. The number of fused-ring (bicyclic) bond motifs is 1. The fraction of sp³-hybridized carbons (Fsp3) is 0.231. The number of Topliss-reactive ketones (excluding diaryl/α,β-unsaturated/α-hetero) is 1. The van der Waals surface area contributed by atoms with Crippen LogP contribution >= 0.6 is 0 Å². The monoisotopic (exact) mass is 228 g/mol. The van der Waals surface area contributed by atoms with Gasteiger partial charge in [0.15, 0.2) is 5.78 Å². The van der Waals surface area contributed by atoms with E-state index in [0.29, 0.717) is 6.42 Å². The molecule has 86 valence electrons. The molecule has 1 aliphatic rings. The summed E-state index contributed by atoms with van der Waals surface area (Å²) in [4.78, 5) is 11.6. The molecular weight excluding hydrogens is 216 g/mol. The van der Waals surface area contributed by atoms with E-state index in [1.54, 1.807) is 18.0 Å². The summed E-state index contributed by atoms with van der Waals surface area (Å²) in [5.41, 5.74) is 2.61. The van der Waals surface area contributed by atoms with E-state index >= 15 is 0 Å². The van der Waals surface area contributed by atoms with Crippen LogP contribution in [0.1, 0.15) is 22.5 Å². The van der Waals surface area contributed by atoms with Crippen LogP contribution in [0.2, 0.25) is 0 Å². The van der Waals surface area contributed by atoms with Gasteiger partial charge in [-0.05, 0) is 18.6 Å². The quantitative estimate of drug-likeness (QED) is 0.789. The maximum absolute atomic E-state index is 11.6. The zero-order valence-electron chi connectivity index (χ0n) is 9.51. The lowest BCUT2D eigenvalue weighted by Crippen LogP contribution is -2.03. The Balaban J connectivity index is 2.17. The molecule has 0 saturated carbocycles. The van der Waals surface area contributed by atoms with Crippen molar-refractivity contribution in [3.63, 3.8) is 0 Å². The van der Waals surface area contributed by atoms with Crippen molar-refractivity contribution in [3.8, 4) is 11.4 Å². The molecule has 1 aliphatic carbocycles. The first-order valence-electron chi connectivity index (χ1n) is 5.55. The first-order chi connectivity index (χ1) is 8.31. The maximum Gasteiger partial charge on any atom is 0.166 e. The second-order valence-corrected chi connectivity index (χ2v) is 4.01. The molecule has 0 radical (unpaired) electrons. The summed E-state index contributed by atoms with van der Waals surface area (Å²) >= 11 is 0. The molecule has 0 spiro atoms. The molecule has 0 amide bonds. The molecule has 2 aromatic rings. The van der Waals surface area contributed by atoms with E-state index in [4.69, 9.17) is 4.74 Å². The minimum Gasteiger partial charge on any atom is -0.494 e. The van der Waals surface area contributed by atoms with Crippen LogP contribution in [-0.2, 0) is 6.42 Å². The van der Waals surface area contributed by atoms with Gasteiger partial charge in [-0.3, -0.25) is 4.79 Å². The predicted molar refractivity (Wildman–Crippen MR) is 62.8 cm³/mol. The van der Waals surface area contributed by atoms with Gasteiger partial charge in [-0.15, -0.1) is 0 Å². The number of benzene rings is 1. The molecule has 17 heavy (non-hydrogen) atoms. The van der Waals surface area contributed by atoms with E-state index in [2.05, 4.69) is 5.10 Å². The van der Waals surface area contributed by atoms with E-state index in [1.165, 1.54) is 0 Å². The Morgan fingerprint density at radius 1 is 1.29 bits per heavy atom. The summed E-state index contributed by atoms with van der Waals surface area (Å²) < 4.78 is 7.11. The molecule has 0 saturated heterocycles. The number of para-hydroxylation sites is 2. The first-order valence-corrected chi connectivity index (χ1v) is 5.55. The van der Waals surface area contributed by atoms with Crippen LogP contribution in [0.5, 0.6) is 5.75 Å². The Labute approximate surface area is 98.8 Å². The molecule has 0 unspecified atom stereocenters. The summed E-state index contributed by atoms with van der Waals surface area (Å²) in [6.07, 6.45) is 2.99. The van der Waals surface area contributed by atoms with E-state index in [1.807, 2.05) is 24.3 Å². The molecule has 0 atom stereocenters. The number of carbonyl (C=O) groups is 1. The summed E-state index contributed by atoms with van der Waals surface area (Å²) in [6.45, 7) is 0. The second-order valence-electron chi connectivity index (χ2n) is 4.01. The molecular formula is C13H12N2O2. The number of hydrogen-bond donors (Lipinski definition) is 0. The molecule has 3 rings (SSSR count). The lowest BCUT2D eigenvalue weighted by Gasteiger charge is -2.09. The third-order valence-corrected chi connectivity index (χ3v) is 3.07. The van der Waals surface area contributed by atoms with Crippen molar-refractivity contribution < 1.29 is 9.53 Å². The normalized spacial score (nSPS) is 13.8. The number of rotatable bonds is 2. The van der Waals surface area contributed by atoms with E-state index in [0.717, 1.165) is 29.1 Å². The lowest BCUT2D eigenvalue weighted by molar-refractivity contribution is 0.0994. The van der Waals surface area contributed by atoms with Gasteiger partial charge in [-0.2, -0.15) is 5.10 Å². The molecule has 0 N–H and O–H groups in total. The van der Waals surface area contributed by atoms with E-state index < -0.39 is 0 Å².